The second kappa shape index (κ2) is 7.93. The molecule has 9 heteroatoms. The first kappa shape index (κ1) is 19.1. The smallest absolute Gasteiger partial charge is 0.264 e. The van der Waals surface area contributed by atoms with Crippen LogP contribution in [0.3, 0.4) is 0 Å². The Labute approximate surface area is 162 Å². The average molecular weight is 407 g/mol. The first-order valence-corrected chi connectivity index (χ1v) is 9.59. The number of carbonyl (C=O) groups is 2. The summed E-state index contributed by atoms with van der Waals surface area (Å²) < 4.78 is 26.8. The molecule has 3 rings (SSSR count). The molecule has 2 heterocycles. The van der Waals surface area contributed by atoms with Gasteiger partial charge in [0, 0.05) is 7.05 Å². The lowest BCUT2D eigenvalue weighted by Crippen LogP contribution is -2.39. The number of aromatic nitrogens is 1. The molecule has 27 heavy (non-hydrogen) atoms. The predicted molar refractivity (Wildman–Crippen MR) is 101 cm³/mol. The topological polar surface area (TPSA) is 71.1 Å². The molecule has 1 aromatic carbocycles. The Morgan fingerprint density at radius 3 is 2.59 bits per heavy atom. The molecule has 2 N–H and O–H groups in total. The van der Waals surface area contributed by atoms with Crippen LogP contribution >= 0.6 is 22.7 Å². The molecule has 0 aliphatic carbocycles. The highest BCUT2D eigenvalue weighted by molar-refractivity contribution is 7.22. The van der Waals surface area contributed by atoms with Gasteiger partial charge < -0.3 is 10.6 Å². The number of likely N-dealkylation sites (N-methyl/N-ethyl adjacent to an activating group) is 1. The van der Waals surface area contributed by atoms with Gasteiger partial charge in [-0.25, -0.2) is 13.8 Å². The van der Waals surface area contributed by atoms with E-state index in [9.17, 15) is 18.4 Å². The standard InChI is InChI=1S/C18H15F2N3O2S2/c1-9-15(27-18(22-9)13-4-3-7-26-13)17(25)23-14(16(24)21-2)10-5-6-11(19)12(20)8-10/h3-8,14H,1-2H3,(H,21,24)(H,23,25). The van der Waals surface area contributed by atoms with Crippen LogP contribution in [0, 0.1) is 18.6 Å². The van der Waals surface area contributed by atoms with Crippen LogP contribution in [0.4, 0.5) is 8.78 Å². The number of benzene rings is 1. The largest absolute Gasteiger partial charge is 0.357 e. The van der Waals surface area contributed by atoms with E-state index in [1.165, 1.54) is 35.8 Å². The third-order valence-corrected chi connectivity index (χ3v) is 5.99. The van der Waals surface area contributed by atoms with Crippen molar-refractivity contribution in [1.82, 2.24) is 15.6 Å². The highest BCUT2D eigenvalue weighted by Gasteiger charge is 2.26. The van der Waals surface area contributed by atoms with Crippen molar-refractivity contribution in [2.24, 2.45) is 0 Å². The fourth-order valence-electron chi connectivity index (χ4n) is 2.45. The van der Waals surface area contributed by atoms with Crippen LogP contribution in [-0.4, -0.2) is 23.8 Å². The van der Waals surface area contributed by atoms with Crippen LogP contribution in [0.25, 0.3) is 9.88 Å². The molecular weight excluding hydrogens is 392 g/mol. The fraction of sp³-hybridized carbons (Fsp3) is 0.167. The molecule has 1 unspecified atom stereocenters. The van der Waals surface area contributed by atoms with Crippen LogP contribution in [0.15, 0.2) is 35.7 Å². The van der Waals surface area contributed by atoms with Crippen molar-refractivity contribution in [2.75, 3.05) is 7.05 Å². The lowest BCUT2D eigenvalue weighted by Gasteiger charge is -2.17. The number of rotatable bonds is 5. The number of thiophene rings is 1. The van der Waals surface area contributed by atoms with Crippen LogP contribution in [-0.2, 0) is 4.79 Å². The summed E-state index contributed by atoms with van der Waals surface area (Å²) in [4.78, 5) is 30.6. The zero-order valence-electron chi connectivity index (χ0n) is 14.4. The Hall–Kier alpha value is -2.65. The molecule has 1 atom stereocenters. The number of hydrogen-bond donors (Lipinski definition) is 2. The van der Waals surface area contributed by atoms with Gasteiger partial charge in [-0.15, -0.1) is 22.7 Å². The zero-order chi connectivity index (χ0) is 19.6. The second-order valence-electron chi connectivity index (χ2n) is 5.61. The van der Waals surface area contributed by atoms with Crippen LogP contribution < -0.4 is 10.6 Å². The molecular formula is C18H15F2N3O2S2. The van der Waals surface area contributed by atoms with Gasteiger partial charge in [-0.05, 0) is 36.1 Å². The van der Waals surface area contributed by atoms with Crippen molar-refractivity contribution in [1.29, 1.82) is 0 Å². The van der Waals surface area contributed by atoms with E-state index in [-0.39, 0.29) is 5.56 Å². The molecule has 0 saturated heterocycles. The van der Waals surface area contributed by atoms with E-state index in [0.29, 0.717) is 15.6 Å². The van der Waals surface area contributed by atoms with Crippen molar-refractivity contribution >= 4 is 34.5 Å². The number of amides is 2. The Morgan fingerprint density at radius 2 is 1.96 bits per heavy atom. The zero-order valence-corrected chi connectivity index (χ0v) is 16.0. The predicted octanol–water partition coefficient (Wildman–Crippen LogP) is 3.68. The van der Waals surface area contributed by atoms with E-state index < -0.39 is 29.5 Å². The Bertz CT molecular complexity index is 987. The first-order valence-electron chi connectivity index (χ1n) is 7.89. The summed E-state index contributed by atoms with van der Waals surface area (Å²) in [5.41, 5.74) is 0.670. The molecule has 5 nitrogen and oxygen atoms in total. The van der Waals surface area contributed by atoms with Crippen molar-refractivity contribution in [3.05, 3.63) is 63.5 Å². The summed E-state index contributed by atoms with van der Waals surface area (Å²) in [6.07, 6.45) is 0. The van der Waals surface area contributed by atoms with Gasteiger partial charge in [0.2, 0.25) is 5.91 Å². The van der Waals surface area contributed by atoms with E-state index >= 15 is 0 Å². The van der Waals surface area contributed by atoms with Crippen LogP contribution in [0.1, 0.15) is 27.0 Å². The highest BCUT2D eigenvalue weighted by Crippen LogP contribution is 2.31. The fourth-order valence-corrected chi connectivity index (χ4v) is 4.21. The third-order valence-electron chi connectivity index (χ3n) is 3.80. The van der Waals surface area contributed by atoms with Gasteiger partial charge in [0.25, 0.3) is 5.91 Å². The number of nitrogens with one attached hydrogen (secondary N) is 2. The maximum atomic E-state index is 13.6. The lowest BCUT2D eigenvalue weighted by molar-refractivity contribution is -0.122. The van der Waals surface area contributed by atoms with Crippen LogP contribution in [0.5, 0.6) is 0 Å². The molecule has 0 saturated carbocycles. The minimum absolute atomic E-state index is 0.141. The SMILES string of the molecule is CNC(=O)C(NC(=O)c1sc(-c2cccs2)nc1C)c1ccc(F)c(F)c1. The van der Waals surface area contributed by atoms with Crippen molar-refractivity contribution in [3.63, 3.8) is 0 Å². The van der Waals surface area contributed by atoms with Crippen LogP contribution in [0.2, 0.25) is 0 Å². The summed E-state index contributed by atoms with van der Waals surface area (Å²) >= 11 is 2.72. The summed E-state index contributed by atoms with van der Waals surface area (Å²) in [5, 5.41) is 7.62. The average Bonchev–Trinajstić information content (AvgIpc) is 3.31. The highest BCUT2D eigenvalue weighted by atomic mass is 32.1. The van der Waals surface area contributed by atoms with Gasteiger partial charge >= 0.3 is 0 Å². The van der Waals surface area contributed by atoms with Gasteiger partial charge in [0.1, 0.15) is 15.9 Å². The van der Waals surface area contributed by atoms with E-state index in [1.807, 2.05) is 17.5 Å². The third kappa shape index (κ3) is 4.04. The van der Waals surface area contributed by atoms with Crippen molar-refractivity contribution < 1.29 is 18.4 Å². The van der Waals surface area contributed by atoms with E-state index in [4.69, 9.17) is 0 Å². The van der Waals surface area contributed by atoms with Crippen molar-refractivity contribution in [3.8, 4) is 9.88 Å². The maximum Gasteiger partial charge on any atom is 0.264 e. The number of hydrogen-bond acceptors (Lipinski definition) is 5. The quantitative estimate of drug-likeness (QED) is 0.678. The summed E-state index contributed by atoms with van der Waals surface area (Å²) in [7, 11) is 1.40. The minimum atomic E-state index is -1.16. The van der Waals surface area contributed by atoms with Gasteiger partial charge in [-0.3, -0.25) is 9.59 Å². The number of nitrogens with zero attached hydrogens (tertiary/aromatic N) is 1. The Balaban J connectivity index is 1.89. The van der Waals surface area contributed by atoms with Gasteiger partial charge in [-0.1, -0.05) is 12.1 Å². The molecule has 0 bridgehead atoms. The van der Waals surface area contributed by atoms with Gasteiger partial charge in [0.05, 0.1) is 10.6 Å². The minimum Gasteiger partial charge on any atom is -0.357 e. The molecule has 3 aromatic rings. The number of thiazole rings is 1. The van der Waals surface area contributed by atoms with Crippen molar-refractivity contribution in [2.45, 2.75) is 13.0 Å². The second-order valence-corrected chi connectivity index (χ2v) is 7.55. The van der Waals surface area contributed by atoms with E-state index in [1.54, 1.807) is 6.92 Å². The van der Waals surface area contributed by atoms with E-state index in [2.05, 4.69) is 15.6 Å². The summed E-state index contributed by atoms with van der Waals surface area (Å²) in [6, 6.07) is 5.70. The Morgan fingerprint density at radius 1 is 1.19 bits per heavy atom. The van der Waals surface area contributed by atoms with Gasteiger partial charge in [0.15, 0.2) is 11.6 Å². The number of halogens is 2. The normalized spacial score (nSPS) is 11.9. The first-order chi connectivity index (χ1) is 12.9. The monoisotopic (exact) mass is 407 g/mol. The molecule has 0 fully saturated rings. The van der Waals surface area contributed by atoms with Gasteiger partial charge in [-0.2, -0.15) is 0 Å². The number of carbonyl (C=O) groups excluding carboxylic acids is 2. The molecule has 2 aromatic heterocycles. The summed E-state index contributed by atoms with van der Waals surface area (Å²) in [6.45, 7) is 1.70. The van der Waals surface area contributed by atoms with E-state index in [0.717, 1.165) is 17.0 Å². The summed E-state index contributed by atoms with van der Waals surface area (Å²) in [5.74, 6) is -3.18. The Kier molecular flexibility index (Phi) is 5.62. The molecule has 0 radical (unpaired) electrons. The number of aryl methyl sites for hydroxylation is 1. The lowest BCUT2D eigenvalue weighted by atomic mass is 10.1. The molecule has 0 spiro atoms. The molecule has 0 aliphatic rings. The molecule has 0 aliphatic heterocycles. The molecule has 140 valence electrons. The maximum absolute atomic E-state index is 13.6. The molecule has 2 amide bonds.